The highest BCUT2D eigenvalue weighted by Crippen LogP contribution is 2.13. The van der Waals surface area contributed by atoms with Crippen molar-refractivity contribution in [2.75, 3.05) is 6.61 Å². The largest absolute Gasteiger partial charge is 0.426 e. The first-order valence-corrected chi connectivity index (χ1v) is 4.79. The van der Waals surface area contributed by atoms with Crippen molar-refractivity contribution >= 4 is 5.97 Å². The Morgan fingerprint density at radius 3 is 2.87 bits per heavy atom. The van der Waals surface area contributed by atoms with Gasteiger partial charge in [0.25, 0.3) is 0 Å². The standard InChI is InChI=1S/C11H13FO3/c12-9-4-3-5-10(8-9)15-11(14)6-1-2-7-13/h3-5,8,13H,1-2,6-7H2. The van der Waals surface area contributed by atoms with Gasteiger partial charge in [-0.05, 0) is 25.0 Å². The van der Waals surface area contributed by atoms with Gasteiger partial charge in [-0.2, -0.15) is 0 Å². The third-order valence-electron chi connectivity index (χ3n) is 1.82. The number of aliphatic hydroxyl groups excluding tert-OH is 1. The Bertz CT molecular complexity index is 325. The first kappa shape index (κ1) is 11.7. The zero-order chi connectivity index (χ0) is 11.1. The molecule has 1 aromatic carbocycles. The van der Waals surface area contributed by atoms with E-state index >= 15 is 0 Å². The topological polar surface area (TPSA) is 46.5 Å². The predicted octanol–water partition coefficient (Wildman–Crippen LogP) is 1.89. The third kappa shape index (κ3) is 4.56. The Morgan fingerprint density at radius 1 is 1.40 bits per heavy atom. The molecule has 1 rings (SSSR count). The van der Waals surface area contributed by atoms with E-state index in [1.54, 1.807) is 0 Å². The number of hydrogen-bond donors (Lipinski definition) is 1. The summed E-state index contributed by atoms with van der Waals surface area (Å²) in [5.74, 6) is -0.631. The van der Waals surface area contributed by atoms with Gasteiger partial charge >= 0.3 is 5.97 Å². The van der Waals surface area contributed by atoms with E-state index in [1.165, 1.54) is 18.2 Å². The Balaban J connectivity index is 2.37. The molecule has 1 N–H and O–H groups in total. The van der Waals surface area contributed by atoms with E-state index in [2.05, 4.69) is 0 Å². The number of halogens is 1. The van der Waals surface area contributed by atoms with E-state index in [9.17, 15) is 9.18 Å². The minimum Gasteiger partial charge on any atom is -0.426 e. The average molecular weight is 212 g/mol. The normalized spacial score (nSPS) is 10.0. The van der Waals surface area contributed by atoms with Crippen LogP contribution >= 0.6 is 0 Å². The Hall–Kier alpha value is -1.42. The lowest BCUT2D eigenvalue weighted by Gasteiger charge is -2.03. The molecule has 0 aliphatic rings. The zero-order valence-electron chi connectivity index (χ0n) is 8.28. The average Bonchev–Trinajstić information content (AvgIpc) is 2.18. The van der Waals surface area contributed by atoms with Gasteiger partial charge in [0.15, 0.2) is 0 Å². The van der Waals surface area contributed by atoms with Crippen LogP contribution < -0.4 is 4.74 Å². The van der Waals surface area contributed by atoms with E-state index in [0.717, 1.165) is 6.07 Å². The van der Waals surface area contributed by atoms with Crippen molar-refractivity contribution in [3.8, 4) is 5.75 Å². The monoisotopic (exact) mass is 212 g/mol. The van der Waals surface area contributed by atoms with Crippen LogP contribution in [0, 0.1) is 5.82 Å². The van der Waals surface area contributed by atoms with Crippen LogP contribution in [0.15, 0.2) is 24.3 Å². The summed E-state index contributed by atoms with van der Waals surface area (Å²) in [4.78, 5) is 11.2. The van der Waals surface area contributed by atoms with Gasteiger partial charge in [-0.1, -0.05) is 6.07 Å². The number of aliphatic hydroxyl groups is 1. The van der Waals surface area contributed by atoms with E-state index < -0.39 is 11.8 Å². The molecule has 4 heteroatoms. The van der Waals surface area contributed by atoms with Gasteiger partial charge in [-0.25, -0.2) is 4.39 Å². The molecule has 0 radical (unpaired) electrons. The van der Waals surface area contributed by atoms with Crippen LogP contribution in [0.2, 0.25) is 0 Å². The fraction of sp³-hybridized carbons (Fsp3) is 0.364. The molecule has 0 heterocycles. The zero-order valence-corrected chi connectivity index (χ0v) is 8.28. The van der Waals surface area contributed by atoms with Crippen molar-refractivity contribution in [3.63, 3.8) is 0 Å². The van der Waals surface area contributed by atoms with Crippen LogP contribution in [0.25, 0.3) is 0 Å². The second-order valence-electron chi connectivity index (χ2n) is 3.11. The highest BCUT2D eigenvalue weighted by Gasteiger charge is 2.04. The van der Waals surface area contributed by atoms with Gasteiger partial charge in [0.1, 0.15) is 11.6 Å². The summed E-state index contributed by atoms with van der Waals surface area (Å²) in [6.07, 6.45) is 1.37. The number of carbonyl (C=O) groups is 1. The predicted molar refractivity (Wildman–Crippen MR) is 53.0 cm³/mol. The molecule has 1 aromatic rings. The number of hydrogen-bond acceptors (Lipinski definition) is 3. The maximum Gasteiger partial charge on any atom is 0.311 e. The van der Waals surface area contributed by atoms with E-state index in [1.807, 2.05) is 0 Å². The highest BCUT2D eigenvalue weighted by molar-refractivity contribution is 5.72. The molecular formula is C11H13FO3. The van der Waals surface area contributed by atoms with Crippen LogP contribution in [-0.2, 0) is 4.79 Å². The quantitative estimate of drug-likeness (QED) is 0.460. The lowest BCUT2D eigenvalue weighted by molar-refractivity contribution is -0.134. The molecule has 0 aliphatic carbocycles. The molecule has 0 saturated carbocycles. The number of unbranched alkanes of at least 4 members (excludes halogenated alkanes) is 1. The van der Waals surface area contributed by atoms with Crippen LogP contribution in [0.5, 0.6) is 5.75 Å². The molecule has 82 valence electrons. The fourth-order valence-corrected chi connectivity index (χ4v) is 1.09. The van der Waals surface area contributed by atoms with E-state index in [4.69, 9.17) is 9.84 Å². The highest BCUT2D eigenvalue weighted by atomic mass is 19.1. The summed E-state index contributed by atoms with van der Waals surface area (Å²) in [5, 5.41) is 8.50. The van der Waals surface area contributed by atoms with Crippen LogP contribution in [0.4, 0.5) is 4.39 Å². The van der Waals surface area contributed by atoms with Gasteiger partial charge in [0, 0.05) is 19.1 Å². The first-order valence-electron chi connectivity index (χ1n) is 4.79. The van der Waals surface area contributed by atoms with Crippen molar-refractivity contribution in [2.24, 2.45) is 0 Å². The summed E-state index contributed by atoms with van der Waals surface area (Å²) in [5.41, 5.74) is 0. The third-order valence-corrected chi connectivity index (χ3v) is 1.82. The minimum atomic E-state index is -0.435. The maximum absolute atomic E-state index is 12.7. The van der Waals surface area contributed by atoms with Crippen LogP contribution in [-0.4, -0.2) is 17.7 Å². The molecule has 0 saturated heterocycles. The van der Waals surface area contributed by atoms with Gasteiger partial charge in [-0.15, -0.1) is 0 Å². The molecule has 0 aromatic heterocycles. The Labute approximate surface area is 87.5 Å². The minimum absolute atomic E-state index is 0.0627. The molecule has 15 heavy (non-hydrogen) atoms. The molecule has 0 spiro atoms. The lowest BCUT2D eigenvalue weighted by Crippen LogP contribution is -2.07. The fourth-order valence-electron chi connectivity index (χ4n) is 1.09. The molecule has 0 atom stereocenters. The molecule has 0 aliphatic heterocycles. The Morgan fingerprint density at radius 2 is 2.20 bits per heavy atom. The summed E-state index contributed by atoms with van der Waals surface area (Å²) >= 11 is 0. The molecule has 0 fully saturated rings. The van der Waals surface area contributed by atoms with Crippen molar-refractivity contribution in [2.45, 2.75) is 19.3 Å². The van der Waals surface area contributed by atoms with Gasteiger partial charge in [0.05, 0.1) is 0 Å². The molecule has 3 nitrogen and oxygen atoms in total. The first-order chi connectivity index (χ1) is 7.22. The second kappa shape index (κ2) is 6.14. The van der Waals surface area contributed by atoms with Crippen molar-refractivity contribution in [1.29, 1.82) is 0 Å². The smallest absolute Gasteiger partial charge is 0.311 e. The maximum atomic E-state index is 12.7. The summed E-state index contributed by atoms with van der Waals surface area (Å²) in [6, 6.07) is 5.44. The number of rotatable bonds is 5. The number of esters is 1. The number of benzene rings is 1. The van der Waals surface area contributed by atoms with Crippen molar-refractivity contribution in [1.82, 2.24) is 0 Å². The van der Waals surface area contributed by atoms with Crippen molar-refractivity contribution < 1.29 is 19.0 Å². The molecule has 0 amide bonds. The Kier molecular flexibility index (Phi) is 4.77. The SMILES string of the molecule is O=C(CCCCO)Oc1cccc(F)c1. The summed E-state index contributed by atoms with van der Waals surface area (Å²) < 4.78 is 17.6. The van der Waals surface area contributed by atoms with Crippen molar-refractivity contribution in [3.05, 3.63) is 30.1 Å². The van der Waals surface area contributed by atoms with Gasteiger partial charge in [-0.3, -0.25) is 4.79 Å². The van der Waals surface area contributed by atoms with E-state index in [0.29, 0.717) is 12.8 Å². The van der Waals surface area contributed by atoms with Gasteiger partial charge < -0.3 is 9.84 Å². The van der Waals surface area contributed by atoms with Crippen LogP contribution in [0.1, 0.15) is 19.3 Å². The second-order valence-corrected chi connectivity index (χ2v) is 3.11. The van der Waals surface area contributed by atoms with Gasteiger partial charge in [0.2, 0.25) is 0 Å². The molecule has 0 unspecified atom stereocenters. The lowest BCUT2D eigenvalue weighted by atomic mass is 10.2. The summed E-state index contributed by atoms with van der Waals surface area (Å²) in [6.45, 7) is 0.0627. The number of carbonyl (C=O) groups excluding carboxylic acids is 1. The van der Waals surface area contributed by atoms with E-state index in [-0.39, 0.29) is 18.8 Å². The molecular weight excluding hydrogens is 199 g/mol. The summed E-state index contributed by atoms with van der Waals surface area (Å²) in [7, 11) is 0. The molecule has 0 bridgehead atoms. The number of ether oxygens (including phenoxy) is 1. The van der Waals surface area contributed by atoms with Crippen LogP contribution in [0.3, 0.4) is 0 Å².